The summed E-state index contributed by atoms with van der Waals surface area (Å²) in [7, 11) is 0. The molecule has 0 atom stereocenters. The molecule has 76 valence electrons. The summed E-state index contributed by atoms with van der Waals surface area (Å²) in [5.41, 5.74) is 2.94. The molecule has 0 radical (unpaired) electrons. The van der Waals surface area contributed by atoms with Crippen LogP contribution >= 0.6 is 0 Å². The first kappa shape index (κ1) is 9.72. The Kier molecular flexibility index (Phi) is 2.42. The van der Waals surface area contributed by atoms with Crippen LogP contribution in [0.15, 0.2) is 18.2 Å². The van der Waals surface area contributed by atoms with Crippen molar-refractivity contribution in [3.05, 3.63) is 34.9 Å². The number of carbonyl (C=O) groups excluding carboxylic acids is 1. The van der Waals surface area contributed by atoms with Crippen molar-refractivity contribution in [3.63, 3.8) is 0 Å². The lowest BCUT2D eigenvalue weighted by atomic mass is 9.97. The van der Waals surface area contributed by atoms with Gasteiger partial charge in [-0.15, -0.1) is 0 Å². The molecule has 2 rings (SSSR count). The molecule has 1 aliphatic rings. The molecule has 0 unspecified atom stereocenters. The third-order valence-corrected chi connectivity index (χ3v) is 2.70. The smallest absolute Gasteiger partial charge is 0.255 e. The number of amides is 1. The van der Waals surface area contributed by atoms with Gasteiger partial charge in [0.05, 0.1) is 6.07 Å². The quantitative estimate of drug-likeness (QED) is 0.645. The maximum Gasteiger partial charge on any atom is 0.255 e. The first-order valence-corrected chi connectivity index (χ1v) is 4.98. The van der Waals surface area contributed by atoms with E-state index in [0.717, 1.165) is 23.1 Å². The molecule has 3 heteroatoms. The Balaban J connectivity index is 2.37. The van der Waals surface area contributed by atoms with Crippen LogP contribution in [0.1, 0.15) is 21.5 Å². The van der Waals surface area contributed by atoms with E-state index in [-0.39, 0.29) is 12.5 Å². The Morgan fingerprint density at radius 2 is 2.33 bits per heavy atom. The number of aryl methyl sites for hydroxylation is 1. The number of hydrogen-bond donors (Lipinski definition) is 0. The van der Waals surface area contributed by atoms with Crippen LogP contribution in [0.2, 0.25) is 0 Å². The van der Waals surface area contributed by atoms with Crippen molar-refractivity contribution in [1.29, 1.82) is 5.26 Å². The molecule has 0 aromatic heterocycles. The second-order valence-electron chi connectivity index (χ2n) is 3.80. The molecule has 1 amide bonds. The van der Waals surface area contributed by atoms with Crippen molar-refractivity contribution in [2.45, 2.75) is 13.3 Å². The zero-order valence-corrected chi connectivity index (χ0v) is 8.66. The minimum absolute atomic E-state index is 0.0125. The van der Waals surface area contributed by atoms with E-state index in [1.807, 2.05) is 31.2 Å². The topological polar surface area (TPSA) is 44.1 Å². The summed E-state index contributed by atoms with van der Waals surface area (Å²) in [6, 6.07) is 7.95. The Labute approximate surface area is 88.9 Å². The Bertz CT molecular complexity index is 445. The predicted molar refractivity (Wildman–Crippen MR) is 56.4 cm³/mol. The van der Waals surface area contributed by atoms with Gasteiger partial charge in [0.2, 0.25) is 0 Å². The van der Waals surface area contributed by atoms with Crippen molar-refractivity contribution in [2.75, 3.05) is 13.1 Å². The first-order valence-electron chi connectivity index (χ1n) is 4.98. The van der Waals surface area contributed by atoms with E-state index in [9.17, 15) is 4.79 Å². The highest BCUT2D eigenvalue weighted by Crippen LogP contribution is 2.19. The fraction of sp³-hybridized carbons (Fsp3) is 0.333. The number of carbonyl (C=O) groups is 1. The molecule has 0 bridgehead atoms. The van der Waals surface area contributed by atoms with E-state index in [1.54, 1.807) is 4.90 Å². The normalized spacial score (nSPS) is 14.7. The monoisotopic (exact) mass is 200 g/mol. The van der Waals surface area contributed by atoms with E-state index in [2.05, 4.69) is 0 Å². The molecule has 1 heterocycles. The standard InChI is InChI=1S/C12H12N2O/c1-9-2-3-10-4-6-14(7-5-13)12(15)11(10)8-9/h2-3,8H,4,6-7H2,1H3. The lowest BCUT2D eigenvalue weighted by molar-refractivity contribution is 0.0761. The van der Waals surface area contributed by atoms with Crippen molar-refractivity contribution in [2.24, 2.45) is 0 Å². The Morgan fingerprint density at radius 3 is 3.07 bits per heavy atom. The van der Waals surface area contributed by atoms with Crippen LogP contribution in [0.25, 0.3) is 0 Å². The van der Waals surface area contributed by atoms with E-state index < -0.39 is 0 Å². The summed E-state index contributed by atoms with van der Waals surface area (Å²) in [5.74, 6) is -0.0125. The molecule has 0 saturated heterocycles. The number of rotatable bonds is 1. The molecule has 0 fully saturated rings. The molecule has 15 heavy (non-hydrogen) atoms. The van der Waals surface area contributed by atoms with Gasteiger partial charge in [0.1, 0.15) is 6.54 Å². The second-order valence-corrected chi connectivity index (χ2v) is 3.80. The van der Waals surface area contributed by atoms with Gasteiger partial charge < -0.3 is 4.90 Å². The second kappa shape index (κ2) is 3.74. The zero-order valence-electron chi connectivity index (χ0n) is 8.66. The van der Waals surface area contributed by atoms with Crippen LogP contribution in [-0.2, 0) is 6.42 Å². The molecule has 0 aliphatic carbocycles. The first-order chi connectivity index (χ1) is 7.22. The molecule has 0 saturated carbocycles. The molecule has 0 N–H and O–H groups in total. The molecular formula is C12H12N2O. The minimum atomic E-state index is -0.0125. The number of hydrogen-bond acceptors (Lipinski definition) is 2. The van der Waals surface area contributed by atoms with Crippen LogP contribution in [0.5, 0.6) is 0 Å². The largest absolute Gasteiger partial charge is 0.325 e. The third kappa shape index (κ3) is 1.71. The Morgan fingerprint density at radius 1 is 1.53 bits per heavy atom. The molecule has 1 aromatic carbocycles. The molecule has 0 spiro atoms. The fourth-order valence-electron chi connectivity index (χ4n) is 1.87. The van der Waals surface area contributed by atoms with Gasteiger partial charge in [-0.2, -0.15) is 5.26 Å². The van der Waals surface area contributed by atoms with Gasteiger partial charge in [0.15, 0.2) is 0 Å². The minimum Gasteiger partial charge on any atom is -0.325 e. The Hall–Kier alpha value is -1.82. The van der Waals surface area contributed by atoms with Crippen molar-refractivity contribution in [1.82, 2.24) is 4.90 Å². The van der Waals surface area contributed by atoms with Crippen LogP contribution in [0.4, 0.5) is 0 Å². The number of nitriles is 1. The van der Waals surface area contributed by atoms with Crippen LogP contribution in [-0.4, -0.2) is 23.9 Å². The number of fused-ring (bicyclic) bond motifs is 1. The predicted octanol–water partition coefficient (Wildman–Crippen LogP) is 1.52. The van der Waals surface area contributed by atoms with Gasteiger partial charge >= 0.3 is 0 Å². The molecule has 1 aliphatic heterocycles. The highest BCUT2D eigenvalue weighted by molar-refractivity contribution is 5.97. The fourth-order valence-corrected chi connectivity index (χ4v) is 1.87. The van der Waals surface area contributed by atoms with E-state index in [0.29, 0.717) is 6.54 Å². The lowest BCUT2D eigenvalue weighted by Gasteiger charge is -2.26. The average molecular weight is 200 g/mol. The number of benzene rings is 1. The summed E-state index contributed by atoms with van der Waals surface area (Å²) < 4.78 is 0. The van der Waals surface area contributed by atoms with Crippen LogP contribution < -0.4 is 0 Å². The summed E-state index contributed by atoms with van der Waals surface area (Å²) in [6.45, 7) is 2.81. The summed E-state index contributed by atoms with van der Waals surface area (Å²) >= 11 is 0. The molecule has 1 aromatic rings. The molecular weight excluding hydrogens is 188 g/mol. The summed E-state index contributed by atoms with van der Waals surface area (Å²) in [5, 5.41) is 8.59. The lowest BCUT2D eigenvalue weighted by Crippen LogP contribution is -2.37. The van der Waals surface area contributed by atoms with Gasteiger partial charge in [0.25, 0.3) is 5.91 Å². The SMILES string of the molecule is Cc1ccc2c(c1)C(=O)N(CC#N)CC2. The van der Waals surface area contributed by atoms with E-state index in [1.165, 1.54) is 0 Å². The van der Waals surface area contributed by atoms with E-state index >= 15 is 0 Å². The van der Waals surface area contributed by atoms with Crippen molar-refractivity contribution < 1.29 is 4.79 Å². The number of nitrogens with zero attached hydrogens (tertiary/aromatic N) is 2. The maximum absolute atomic E-state index is 11.9. The molecule has 3 nitrogen and oxygen atoms in total. The highest BCUT2D eigenvalue weighted by atomic mass is 16.2. The summed E-state index contributed by atoms with van der Waals surface area (Å²) in [6.07, 6.45) is 0.850. The van der Waals surface area contributed by atoms with Gasteiger partial charge in [-0.05, 0) is 25.0 Å². The zero-order chi connectivity index (χ0) is 10.8. The summed E-state index contributed by atoms with van der Waals surface area (Å²) in [4.78, 5) is 13.5. The van der Waals surface area contributed by atoms with Crippen molar-refractivity contribution >= 4 is 5.91 Å². The van der Waals surface area contributed by atoms with Crippen molar-refractivity contribution in [3.8, 4) is 6.07 Å². The third-order valence-electron chi connectivity index (χ3n) is 2.70. The maximum atomic E-state index is 11.9. The van der Waals surface area contributed by atoms with Gasteiger partial charge in [-0.25, -0.2) is 0 Å². The van der Waals surface area contributed by atoms with Gasteiger partial charge in [0, 0.05) is 12.1 Å². The highest BCUT2D eigenvalue weighted by Gasteiger charge is 2.23. The van der Waals surface area contributed by atoms with Crippen LogP contribution in [0.3, 0.4) is 0 Å². The average Bonchev–Trinajstić information content (AvgIpc) is 2.23. The van der Waals surface area contributed by atoms with Gasteiger partial charge in [-0.3, -0.25) is 4.79 Å². The van der Waals surface area contributed by atoms with E-state index in [4.69, 9.17) is 5.26 Å². The van der Waals surface area contributed by atoms with Gasteiger partial charge in [-0.1, -0.05) is 17.7 Å². The van der Waals surface area contributed by atoms with Crippen LogP contribution in [0, 0.1) is 18.3 Å².